The molecule has 1 aromatic heterocycles. The molecule has 7 unspecified atom stereocenters. The second-order valence-corrected chi connectivity index (χ2v) is 20.5. The number of primary amides is 1. The van der Waals surface area contributed by atoms with E-state index in [0.29, 0.717) is 11.1 Å². The van der Waals surface area contributed by atoms with Crippen LogP contribution in [0, 0.1) is 35.8 Å². The molecule has 2 heterocycles. The van der Waals surface area contributed by atoms with E-state index < -0.39 is 113 Å². The molecular formula is C53H69F3N10O10. The van der Waals surface area contributed by atoms with Gasteiger partial charge in [0.25, 0.3) is 5.91 Å². The summed E-state index contributed by atoms with van der Waals surface area (Å²) in [6.07, 6.45) is -2.84. The standard InChI is InChI=1S/C53H69F3N10O10/c1-29(2)44(63-47(70)40(57)22-43(68)69)49(72)62-41(12-9-19-59-51(58)74)48(71)60-36-16-14-32(15-17-36)28-76-52(75)65-24-34(39(56)26-65)25-66(50(73)31(4)67)45(53(5,6)7)46-61-42(37-20-30(3)13-18-38(37)55)27-64(46)23-33-10-8-11-35(54)21-33/h8,10-11,13-18,20-21,27,29,31,34,39-41,44-45,67H,9,12,19,22-26,28,57H2,1-7H3,(H,60,71)(H,62,72)(H,63,70)(H,68,69)(H3,58,59,74). The third-order valence-electron chi connectivity index (χ3n) is 12.7. The molecule has 412 valence electrons. The molecule has 76 heavy (non-hydrogen) atoms. The van der Waals surface area contributed by atoms with E-state index in [1.54, 1.807) is 67.9 Å². The molecule has 0 aliphatic carbocycles. The average Bonchev–Trinajstić information content (AvgIpc) is 3.92. The van der Waals surface area contributed by atoms with Crippen molar-refractivity contribution >= 4 is 47.4 Å². The van der Waals surface area contributed by atoms with Gasteiger partial charge in [-0.3, -0.25) is 24.0 Å². The van der Waals surface area contributed by atoms with Crippen LogP contribution in [0.2, 0.25) is 0 Å². The Morgan fingerprint density at radius 2 is 1.62 bits per heavy atom. The van der Waals surface area contributed by atoms with E-state index >= 15 is 8.78 Å². The molecule has 5 rings (SSSR count). The first kappa shape index (κ1) is 59.3. The van der Waals surface area contributed by atoms with E-state index in [4.69, 9.17) is 26.3 Å². The van der Waals surface area contributed by atoms with Crippen LogP contribution in [0.15, 0.2) is 72.9 Å². The normalized spacial score (nSPS) is 16.5. The third-order valence-corrected chi connectivity index (χ3v) is 12.7. The summed E-state index contributed by atoms with van der Waals surface area (Å²) < 4.78 is 53.3. The Balaban J connectivity index is 1.28. The second-order valence-electron chi connectivity index (χ2n) is 20.5. The number of amides is 7. The van der Waals surface area contributed by atoms with Crippen molar-refractivity contribution in [1.82, 2.24) is 35.3 Å². The second kappa shape index (κ2) is 26.3. The predicted molar refractivity (Wildman–Crippen MR) is 274 cm³/mol. The van der Waals surface area contributed by atoms with Gasteiger partial charge in [0, 0.05) is 49.5 Å². The molecule has 1 saturated heterocycles. The van der Waals surface area contributed by atoms with E-state index in [1.807, 2.05) is 20.8 Å². The molecule has 1 fully saturated rings. The molecule has 0 saturated carbocycles. The van der Waals surface area contributed by atoms with Crippen LogP contribution in [0.1, 0.15) is 89.4 Å². The Bertz CT molecular complexity index is 2710. The molecule has 4 aromatic rings. The van der Waals surface area contributed by atoms with Gasteiger partial charge in [0.05, 0.1) is 30.7 Å². The highest BCUT2D eigenvalue weighted by Gasteiger charge is 2.44. The number of imidazole rings is 1. The summed E-state index contributed by atoms with van der Waals surface area (Å²) in [6.45, 7) is 11.0. The minimum Gasteiger partial charge on any atom is -0.481 e. The molecule has 23 heteroatoms. The summed E-state index contributed by atoms with van der Waals surface area (Å²) >= 11 is 0. The average molecular weight is 1060 g/mol. The number of nitrogens with two attached hydrogens (primary N) is 2. The van der Waals surface area contributed by atoms with Crippen molar-refractivity contribution in [3.8, 4) is 11.3 Å². The lowest BCUT2D eigenvalue weighted by molar-refractivity contribution is -0.146. The van der Waals surface area contributed by atoms with Crippen molar-refractivity contribution < 1.29 is 61.7 Å². The number of hydrogen-bond acceptors (Lipinski definition) is 11. The molecule has 1 aliphatic heterocycles. The number of aryl methyl sites for hydroxylation is 1. The van der Waals surface area contributed by atoms with E-state index in [-0.39, 0.29) is 74.9 Å². The summed E-state index contributed by atoms with van der Waals surface area (Å²) in [5.74, 6) is -6.53. The number of carboxylic acids is 1. The van der Waals surface area contributed by atoms with Crippen molar-refractivity contribution in [3.05, 3.63) is 107 Å². The predicted octanol–water partition coefficient (Wildman–Crippen LogP) is 4.90. The van der Waals surface area contributed by atoms with Crippen molar-refractivity contribution in [2.24, 2.45) is 28.7 Å². The first-order valence-electron chi connectivity index (χ1n) is 24.9. The number of aliphatic hydroxyl groups excluding tert-OH is 1. The largest absolute Gasteiger partial charge is 0.481 e. The van der Waals surface area contributed by atoms with E-state index in [2.05, 4.69) is 21.3 Å². The topological polar surface area (TPSA) is 294 Å². The molecule has 20 nitrogen and oxygen atoms in total. The summed E-state index contributed by atoms with van der Waals surface area (Å²) in [7, 11) is 0. The number of urea groups is 1. The molecule has 10 N–H and O–H groups in total. The number of halogens is 3. The van der Waals surface area contributed by atoms with Crippen LogP contribution in [-0.4, -0.2) is 128 Å². The molecule has 3 aromatic carbocycles. The van der Waals surface area contributed by atoms with Gasteiger partial charge >= 0.3 is 18.1 Å². The number of carbonyl (C=O) groups is 7. The van der Waals surface area contributed by atoms with Crippen molar-refractivity contribution in [3.63, 3.8) is 0 Å². The Morgan fingerprint density at radius 3 is 2.24 bits per heavy atom. The fourth-order valence-electron chi connectivity index (χ4n) is 8.81. The number of ether oxygens (including phenoxy) is 1. The fourth-order valence-corrected chi connectivity index (χ4v) is 8.81. The van der Waals surface area contributed by atoms with E-state index in [1.165, 1.54) is 47.1 Å². The monoisotopic (exact) mass is 1060 g/mol. The maximum atomic E-state index is 16.2. The highest BCUT2D eigenvalue weighted by Crippen LogP contribution is 2.41. The number of rotatable bonds is 23. The number of nitrogens with zero attached hydrogens (tertiary/aromatic N) is 4. The number of carbonyl (C=O) groups excluding carboxylic acids is 6. The number of aromatic nitrogens is 2. The molecule has 0 bridgehead atoms. The van der Waals surface area contributed by atoms with Gasteiger partial charge in [-0.2, -0.15) is 0 Å². The SMILES string of the molecule is Cc1ccc(F)c(-c2cn(Cc3cccc(F)c3)c(C(N(CC3CN(C(=O)OCc4ccc(NC(=O)C(CCCNC(N)=O)NC(=O)C(NC(=O)C(N)CC(=O)O)C(C)C)cc4)CC3F)C(=O)C(C)O)C(C)(C)C)n2)c1. The van der Waals surface area contributed by atoms with Crippen LogP contribution in [0.5, 0.6) is 0 Å². The quantitative estimate of drug-likeness (QED) is 0.0461. The van der Waals surface area contributed by atoms with Crippen LogP contribution >= 0.6 is 0 Å². The molecular weight excluding hydrogens is 994 g/mol. The number of likely N-dealkylation sites (tertiary alicyclic amines) is 1. The number of aliphatic carboxylic acids is 1. The zero-order valence-electron chi connectivity index (χ0n) is 43.6. The minimum atomic E-state index is -1.63. The van der Waals surface area contributed by atoms with E-state index in [9.17, 15) is 43.1 Å². The Morgan fingerprint density at radius 1 is 0.921 bits per heavy atom. The number of aliphatic hydroxyl groups is 1. The third kappa shape index (κ3) is 16.5. The van der Waals surface area contributed by atoms with Crippen molar-refractivity contribution in [2.75, 3.05) is 31.5 Å². The molecule has 1 aliphatic rings. The van der Waals surface area contributed by atoms with Gasteiger partial charge < -0.3 is 62.1 Å². The highest BCUT2D eigenvalue weighted by molar-refractivity contribution is 5.99. The summed E-state index contributed by atoms with van der Waals surface area (Å²) in [4.78, 5) is 97.1. The summed E-state index contributed by atoms with van der Waals surface area (Å²) in [5.41, 5.74) is 12.5. The minimum absolute atomic E-state index is 0.0212. The van der Waals surface area contributed by atoms with E-state index in [0.717, 1.165) is 5.56 Å². The lowest BCUT2D eigenvalue weighted by Gasteiger charge is -2.41. The van der Waals surface area contributed by atoms with Gasteiger partial charge in [-0.25, -0.2) is 27.7 Å². The Labute approximate surface area is 439 Å². The Hall–Kier alpha value is -7.53. The number of anilines is 1. The maximum absolute atomic E-state index is 16.2. The lowest BCUT2D eigenvalue weighted by atomic mass is 9.84. The van der Waals surface area contributed by atoms with Gasteiger partial charge in [-0.1, -0.05) is 70.5 Å². The van der Waals surface area contributed by atoms with Crippen molar-refractivity contribution in [1.29, 1.82) is 0 Å². The number of alkyl halides is 1. The maximum Gasteiger partial charge on any atom is 0.410 e. The van der Waals surface area contributed by atoms with Crippen molar-refractivity contribution in [2.45, 2.75) is 117 Å². The zero-order valence-corrected chi connectivity index (χ0v) is 43.6. The molecule has 0 spiro atoms. The van der Waals surface area contributed by atoms with Crippen LogP contribution in [0.4, 0.5) is 28.4 Å². The van der Waals surface area contributed by atoms with Gasteiger partial charge in [0.1, 0.15) is 48.4 Å². The summed E-state index contributed by atoms with van der Waals surface area (Å²) in [5, 5.41) is 30.0. The first-order valence-corrected chi connectivity index (χ1v) is 24.9. The van der Waals surface area contributed by atoms with Gasteiger partial charge in [0.2, 0.25) is 17.7 Å². The molecule has 7 amide bonds. The fraction of sp³-hybridized carbons (Fsp3) is 0.472. The first-order chi connectivity index (χ1) is 35.7. The highest BCUT2D eigenvalue weighted by atomic mass is 19.1. The Kier molecular flexibility index (Phi) is 20.5. The summed E-state index contributed by atoms with van der Waals surface area (Å²) in [6, 6.07) is 11.1. The number of hydrogen-bond donors (Lipinski definition) is 8. The number of carboxylic acid groups (broad SMARTS) is 1. The lowest BCUT2D eigenvalue weighted by Crippen LogP contribution is -2.57. The number of benzene rings is 3. The van der Waals surface area contributed by atoms with Gasteiger partial charge in [0.15, 0.2) is 0 Å². The van der Waals surface area contributed by atoms with Crippen LogP contribution in [0.25, 0.3) is 11.3 Å². The zero-order chi connectivity index (χ0) is 56.2. The van der Waals surface area contributed by atoms with Gasteiger partial charge in [-0.15, -0.1) is 0 Å². The van der Waals surface area contributed by atoms with Crippen LogP contribution in [-0.2, 0) is 41.9 Å². The number of nitrogens with one attached hydrogen (secondary N) is 4. The molecule has 7 atom stereocenters. The van der Waals surface area contributed by atoms with Crippen LogP contribution < -0.4 is 32.7 Å². The van der Waals surface area contributed by atoms with Gasteiger partial charge in [-0.05, 0) is 85.5 Å². The molecule has 0 radical (unpaired) electrons. The van der Waals surface area contributed by atoms with Crippen LogP contribution in [0.3, 0.4) is 0 Å². The smallest absolute Gasteiger partial charge is 0.410 e.